The third kappa shape index (κ3) is 2.57. The molecule has 4 nitrogen and oxygen atoms in total. The highest BCUT2D eigenvalue weighted by Crippen LogP contribution is 2.50. The number of ether oxygens (including phenoxy) is 1. The number of hydrogen-bond donors (Lipinski definition) is 0. The first-order chi connectivity index (χ1) is 14.4. The molecule has 0 atom stereocenters. The van der Waals surface area contributed by atoms with Gasteiger partial charge >= 0.3 is 0 Å². The standard InChI is InChI=1S/C25H16N2O2/c1-4-10-22-19(7-1)26-25(29-22)17-13-15-18(16-14-17)27-20-8-2-5-11-23(20)28-24-12-6-3-9-21(24)27/h1-16H. The molecule has 0 N–H and O–H groups in total. The molecule has 2 heterocycles. The molecular weight excluding hydrogens is 360 g/mol. The van der Waals surface area contributed by atoms with E-state index in [0.29, 0.717) is 5.89 Å². The lowest BCUT2D eigenvalue weighted by molar-refractivity contribution is 0.477. The normalized spacial score (nSPS) is 12.3. The molecule has 29 heavy (non-hydrogen) atoms. The fourth-order valence-electron chi connectivity index (χ4n) is 3.73. The van der Waals surface area contributed by atoms with Crippen molar-refractivity contribution in [1.82, 2.24) is 4.98 Å². The van der Waals surface area contributed by atoms with Crippen molar-refractivity contribution in [3.05, 3.63) is 97.1 Å². The average Bonchev–Trinajstić information content (AvgIpc) is 3.22. The summed E-state index contributed by atoms with van der Waals surface area (Å²) >= 11 is 0. The molecule has 4 heteroatoms. The molecular formula is C25H16N2O2. The molecule has 0 bridgehead atoms. The Labute approximate surface area is 167 Å². The zero-order valence-corrected chi connectivity index (χ0v) is 15.4. The molecule has 1 aliphatic heterocycles. The largest absolute Gasteiger partial charge is 0.453 e. The highest BCUT2D eigenvalue weighted by molar-refractivity contribution is 5.86. The summed E-state index contributed by atoms with van der Waals surface area (Å²) in [5.41, 5.74) is 5.68. The van der Waals surface area contributed by atoms with Gasteiger partial charge in [-0.25, -0.2) is 4.98 Å². The van der Waals surface area contributed by atoms with E-state index in [4.69, 9.17) is 9.15 Å². The van der Waals surface area contributed by atoms with Crippen molar-refractivity contribution >= 4 is 28.2 Å². The molecule has 0 saturated heterocycles. The Morgan fingerprint density at radius 1 is 0.621 bits per heavy atom. The van der Waals surface area contributed by atoms with Gasteiger partial charge in [-0.2, -0.15) is 0 Å². The van der Waals surface area contributed by atoms with Crippen LogP contribution in [0, 0.1) is 0 Å². The van der Waals surface area contributed by atoms with Gasteiger partial charge in [0.2, 0.25) is 5.89 Å². The molecule has 138 valence electrons. The van der Waals surface area contributed by atoms with Gasteiger partial charge < -0.3 is 14.1 Å². The average molecular weight is 376 g/mol. The van der Waals surface area contributed by atoms with Crippen molar-refractivity contribution in [2.75, 3.05) is 4.90 Å². The van der Waals surface area contributed by atoms with Crippen LogP contribution in [0.2, 0.25) is 0 Å². The lowest BCUT2D eigenvalue weighted by Crippen LogP contribution is -2.15. The fraction of sp³-hybridized carbons (Fsp3) is 0. The Bertz CT molecular complexity index is 1260. The number of nitrogens with zero attached hydrogens (tertiary/aromatic N) is 2. The van der Waals surface area contributed by atoms with Crippen molar-refractivity contribution in [3.8, 4) is 23.0 Å². The predicted octanol–water partition coefficient (Wildman–Crippen LogP) is 7.07. The first kappa shape index (κ1) is 16.0. The van der Waals surface area contributed by atoms with Gasteiger partial charge in [0.15, 0.2) is 17.1 Å². The summed E-state index contributed by atoms with van der Waals surface area (Å²) in [6.45, 7) is 0. The number of rotatable bonds is 2. The number of para-hydroxylation sites is 6. The summed E-state index contributed by atoms with van der Waals surface area (Å²) in [4.78, 5) is 6.81. The molecule has 6 rings (SSSR count). The number of oxazole rings is 1. The number of fused-ring (bicyclic) bond motifs is 3. The Morgan fingerprint density at radius 2 is 1.24 bits per heavy atom. The molecule has 5 aromatic rings. The topological polar surface area (TPSA) is 38.5 Å². The van der Waals surface area contributed by atoms with E-state index in [9.17, 15) is 0 Å². The van der Waals surface area contributed by atoms with Crippen molar-refractivity contribution in [2.24, 2.45) is 0 Å². The van der Waals surface area contributed by atoms with Crippen LogP contribution in [0.1, 0.15) is 0 Å². The van der Waals surface area contributed by atoms with Gasteiger partial charge in [-0.15, -0.1) is 0 Å². The monoisotopic (exact) mass is 376 g/mol. The summed E-state index contributed by atoms with van der Waals surface area (Å²) in [6, 6.07) is 32.2. The van der Waals surface area contributed by atoms with Crippen LogP contribution in [0.3, 0.4) is 0 Å². The maximum atomic E-state index is 6.09. The van der Waals surface area contributed by atoms with Gasteiger partial charge in [0.25, 0.3) is 0 Å². The Morgan fingerprint density at radius 3 is 1.93 bits per heavy atom. The second-order valence-electron chi connectivity index (χ2n) is 6.91. The first-order valence-electron chi connectivity index (χ1n) is 9.49. The fourth-order valence-corrected chi connectivity index (χ4v) is 3.73. The summed E-state index contributed by atoms with van der Waals surface area (Å²) < 4.78 is 12.0. The lowest BCUT2D eigenvalue weighted by Gasteiger charge is -2.32. The van der Waals surface area contributed by atoms with E-state index in [1.54, 1.807) is 0 Å². The van der Waals surface area contributed by atoms with Gasteiger partial charge in [-0.1, -0.05) is 36.4 Å². The molecule has 0 radical (unpaired) electrons. The van der Waals surface area contributed by atoms with Gasteiger partial charge in [0, 0.05) is 11.3 Å². The SMILES string of the molecule is c1ccc2c(c1)Oc1ccccc1N2c1ccc(-c2nc3ccccc3o2)cc1. The van der Waals surface area contributed by atoms with Crippen LogP contribution in [0.25, 0.3) is 22.6 Å². The van der Waals surface area contributed by atoms with Crippen LogP contribution >= 0.6 is 0 Å². The summed E-state index contributed by atoms with van der Waals surface area (Å²) in [6.07, 6.45) is 0. The number of hydrogen-bond acceptors (Lipinski definition) is 4. The second kappa shape index (κ2) is 6.24. The molecule has 4 aromatic carbocycles. The van der Waals surface area contributed by atoms with Gasteiger partial charge in [-0.3, -0.25) is 0 Å². The van der Waals surface area contributed by atoms with E-state index in [1.807, 2.05) is 72.8 Å². The molecule has 0 saturated carbocycles. The van der Waals surface area contributed by atoms with Crippen LogP contribution in [-0.4, -0.2) is 4.98 Å². The van der Waals surface area contributed by atoms with Crippen LogP contribution < -0.4 is 9.64 Å². The van der Waals surface area contributed by atoms with E-state index in [2.05, 4.69) is 34.1 Å². The number of anilines is 3. The van der Waals surface area contributed by atoms with E-state index < -0.39 is 0 Å². The Hall–Kier alpha value is -4.05. The van der Waals surface area contributed by atoms with Crippen LogP contribution in [0.5, 0.6) is 11.5 Å². The van der Waals surface area contributed by atoms with E-state index in [0.717, 1.165) is 45.2 Å². The molecule has 1 aromatic heterocycles. The molecule has 0 amide bonds. The molecule has 0 aliphatic carbocycles. The highest BCUT2D eigenvalue weighted by Gasteiger charge is 2.25. The van der Waals surface area contributed by atoms with E-state index in [-0.39, 0.29) is 0 Å². The van der Waals surface area contributed by atoms with Crippen LogP contribution in [0.15, 0.2) is 101 Å². The van der Waals surface area contributed by atoms with E-state index >= 15 is 0 Å². The van der Waals surface area contributed by atoms with Crippen molar-refractivity contribution in [2.45, 2.75) is 0 Å². The van der Waals surface area contributed by atoms with E-state index in [1.165, 1.54) is 0 Å². The van der Waals surface area contributed by atoms with Crippen molar-refractivity contribution < 1.29 is 9.15 Å². The van der Waals surface area contributed by atoms with Crippen molar-refractivity contribution in [3.63, 3.8) is 0 Å². The van der Waals surface area contributed by atoms with Crippen molar-refractivity contribution in [1.29, 1.82) is 0 Å². The van der Waals surface area contributed by atoms with Crippen LogP contribution in [-0.2, 0) is 0 Å². The zero-order chi connectivity index (χ0) is 19.2. The Kier molecular flexibility index (Phi) is 3.43. The summed E-state index contributed by atoms with van der Waals surface area (Å²) in [7, 11) is 0. The second-order valence-corrected chi connectivity index (χ2v) is 6.91. The van der Waals surface area contributed by atoms with Crippen LogP contribution in [0.4, 0.5) is 17.1 Å². The Balaban J connectivity index is 1.44. The zero-order valence-electron chi connectivity index (χ0n) is 15.4. The third-order valence-corrected chi connectivity index (χ3v) is 5.10. The van der Waals surface area contributed by atoms with Gasteiger partial charge in [0.1, 0.15) is 5.52 Å². The molecule has 0 fully saturated rings. The minimum absolute atomic E-state index is 0.625. The molecule has 0 unspecified atom stereocenters. The summed E-state index contributed by atoms with van der Waals surface area (Å²) in [5, 5.41) is 0. The maximum Gasteiger partial charge on any atom is 0.227 e. The van der Waals surface area contributed by atoms with Gasteiger partial charge in [0.05, 0.1) is 11.4 Å². The minimum Gasteiger partial charge on any atom is -0.453 e. The lowest BCUT2D eigenvalue weighted by atomic mass is 10.1. The smallest absolute Gasteiger partial charge is 0.227 e. The minimum atomic E-state index is 0.625. The summed E-state index contributed by atoms with van der Waals surface area (Å²) in [5.74, 6) is 2.31. The predicted molar refractivity (Wildman–Crippen MR) is 114 cm³/mol. The number of benzene rings is 4. The third-order valence-electron chi connectivity index (χ3n) is 5.10. The molecule has 1 aliphatic rings. The van der Waals surface area contributed by atoms with Gasteiger partial charge in [-0.05, 0) is 60.7 Å². The maximum absolute atomic E-state index is 6.09. The highest BCUT2D eigenvalue weighted by atomic mass is 16.5. The molecule has 0 spiro atoms. The quantitative estimate of drug-likeness (QED) is 0.324. The first-order valence-corrected chi connectivity index (χ1v) is 9.49. The number of aromatic nitrogens is 1.